The summed E-state index contributed by atoms with van der Waals surface area (Å²) in [5.74, 6) is 2.34. The third-order valence-electron chi connectivity index (χ3n) is 27.1. The number of anilines is 5. The van der Waals surface area contributed by atoms with E-state index in [1.165, 1.54) is 85.2 Å². The average Bonchev–Trinajstić information content (AvgIpc) is 0.867. The lowest BCUT2D eigenvalue weighted by Crippen LogP contribution is -2.37. The van der Waals surface area contributed by atoms with E-state index in [-0.39, 0.29) is 39.3 Å². The molecule has 0 fully saturated rings. The van der Waals surface area contributed by atoms with Crippen LogP contribution in [0.15, 0.2) is 228 Å². The van der Waals surface area contributed by atoms with Crippen LogP contribution in [0.4, 0.5) is 28.4 Å². The molecule has 0 radical (unpaired) electrons. The molecular formula is C106H101N11O11S2. The van der Waals surface area contributed by atoms with Gasteiger partial charge in [-0.15, -0.1) is 22.7 Å². The van der Waals surface area contributed by atoms with Crippen LogP contribution >= 0.6 is 22.7 Å². The van der Waals surface area contributed by atoms with Crippen molar-refractivity contribution in [1.82, 2.24) is 29.9 Å². The molecule has 130 heavy (non-hydrogen) atoms. The summed E-state index contributed by atoms with van der Waals surface area (Å²) in [6.45, 7) is 28.8. The zero-order valence-corrected chi connectivity index (χ0v) is 76.2. The fourth-order valence-electron chi connectivity index (χ4n) is 19.7. The largest absolute Gasteiger partial charge is 0.422 e. The Kier molecular flexibility index (Phi) is 22.4. The van der Waals surface area contributed by atoms with E-state index in [1.807, 2.05) is 159 Å². The SMILES string of the molecule is CC1CCN2CCC(C)c3c2c1cc1cc(-c2nc4ccccc4[nH]2)c(=O)oc31.CCC(=O)c1cc2cc3c(cc2oc1=O)N(C)CCC3.CCN1CCC(C)(C)c2cc3cc(-c4nc5ccccc5[nH]4)c(=O)oc3cc21.CCN1CCC(C)c2cc3cc(-c4nc5ccccc5s4)c(=O)oc3cc21.CCN1CCCc2cc3cc(-c4nc5ccccc5s4)c(=O)oc3cc21. The molecule has 3 atom stereocenters. The van der Waals surface area contributed by atoms with Gasteiger partial charge in [0.2, 0.25) is 0 Å². The molecule has 658 valence electrons. The number of carbonyl (C=O) groups excluding carboxylic acids is 1. The lowest BCUT2D eigenvalue weighted by atomic mass is 9.77. The van der Waals surface area contributed by atoms with Gasteiger partial charge in [-0.05, 0) is 232 Å². The molecule has 6 aliphatic rings. The summed E-state index contributed by atoms with van der Waals surface area (Å²) in [6, 6.07) is 59.7. The number of fused-ring (bicyclic) bond motifs is 14. The highest BCUT2D eigenvalue weighted by Crippen LogP contribution is 2.49. The van der Waals surface area contributed by atoms with Crippen LogP contribution < -0.4 is 52.6 Å². The minimum Gasteiger partial charge on any atom is -0.422 e. The zero-order valence-electron chi connectivity index (χ0n) is 74.6. The molecule has 18 aromatic rings. The predicted molar refractivity (Wildman–Crippen MR) is 527 cm³/mol. The number of aromatic nitrogens is 6. The van der Waals surface area contributed by atoms with Crippen LogP contribution in [0.1, 0.15) is 169 Å². The van der Waals surface area contributed by atoms with Crippen molar-refractivity contribution in [3.63, 3.8) is 0 Å². The predicted octanol–water partition coefficient (Wildman–Crippen LogP) is 23.0. The highest BCUT2D eigenvalue weighted by molar-refractivity contribution is 7.22. The van der Waals surface area contributed by atoms with Crippen LogP contribution in [0.5, 0.6) is 0 Å². The Bertz CT molecular complexity index is 7750. The number of rotatable bonds is 9. The number of hydrogen-bond acceptors (Lipinski definition) is 22. The number of Topliss-reactive ketones (excluding diaryl/α,β-unsaturated/α-hetero) is 1. The van der Waals surface area contributed by atoms with Crippen molar-refractivity contribution < 1.29 is 26.9 Å². The number of aryl methyl sites for hydroxylation is 2. The summed E-state index contributed by atoms with van der Waals surface area (Å²) in [5, 5.41) is 6.12. The number of H-pyrrole nitrogens is 2. The number of ketones is 1. The lowest BCUT2D eigenvalue weighted by Gasteiger charge is -2.41. The van der Waals surface area contributed by atoms with Crippen molar-refractivity contribution in [2.24, 2.45) is 0 Å². The Hall–Kier alpha value is -13.6. The first-order chi connectivity index (χ1) is 63.0. The normalized spacial score (nSPS) is 16.6. The molecule has 3 unspecified atom stereocenters. The molecule has 0 saturated heterocycles. The molecule has 24 rings (SSSR count). The van der Waals surface area contributed by atoms with E-state index < -0.39 is 5.63 Å². The van der Waals surface area contributed by atoms with Crippen molar-refractivity contribution in [2.45, 2.75) is 143 Å². The Morgan fingerprint density at radius 2 is 0.892 bits per heavy atom. The van der Waals surface area contributed by atoms with Gasteiger partial charge < -0.3 is 56.6 Å². The summed E-state index contributed by atoms with van der Waals surface area (Å²) in [5.41, 5.74) is 22.7. The number of carbonyl (C=O) groups is 1. The second-order valence-electron chi connectivity index (χ2n) is 35.8. The number of thiazole rings is 2. The van der Waals surface area contributed by atoms with Gasteiger partial charge in [-0.1, -0.05) is 90.1 Å². The zero-order chi connectivity index (χ0) is 89.7. The fourth-order valence-corrected chi connectivity index (χ4v) is 21.7. The molecule has 0 saturated carbocycles. The van der Waals surface area contributed by atoms with Crippen LogP contribution in [0, 0.1) is 0 Å². The van der Waals surface area contributed by atoms with Gasteiger partial charge in [0.15, 0.2) is 5.78 Å². The topological polar surface area (TPSA) is 267 Å². The number of nitrogens with zero attached hydrogens (tertiary/aromatic N) is 9. The number of benzene rings is 9. The first kappa shape index (κ1) is 84.6. The molecule has 0 aliphatic carbocycles. The summed E-state index contributed by atoms with van der Waals surface area (Å²) in [7, 11) is 2.04. The van der Waals surface area contributed by atoms with E-state index >= 15 is 0 Å². The first-order valence-electron chi connectivity index (χ1n) is 45.5. The highest BCUT2D eigenvalue weighted by Gasteiger charge is 2.36. The number of para-hydroxylation sites is 6. The van der Waals surface area contributed by atoms with Crippen molar-refractivity contribution in [3.8, 4) is 43.9 Å². The van der Waals surface area contributed by atoms with Crippen molar-refractivity contribution in [3.05, 3.63) is 273 Å². The van der Waals surface area contributed by atoms with E-state index in [1.54, 1.807) is 13.0 Å². The standard InChI is InChI=1S/C24H23N3O2.C23H23N3O2.C22H20N2O2S.C21H18N2O2S.C16H17NO3/c1-13-7-9-27-10-8-14(2)20-21(27)16(13)11-15-12-17(24(28)29-22(15)20)23-25-18-5-3-4-6-19(18)26-23;1-4-26-10-9-23(2,3)16-12-14-11-15(22(27)28-20(14)13-19(16)26)21-24-17-7-5-6-8-18(17)25-21;1-3-24-9-8-13(2)15-10-14-11-16(22(25)26-19(14)12-18(15)24)21-23-17-6-4-5-7-20(17)27-21;1-2-23-9-5-6-13-10-14-11-15(21(24)25-18(14)12-17(13)23)20-22-16-7-3-4-8-19(16)26-20;1-3-14(18)12-8-11-7-10-5-4-6-17(2)13(10)9-15(11)20-16(12)19/h3-6,11-14H,7-10H2,1-2H3,(H,25,26);5-8,11-13H,4,9-10H2,1-3H3,(H,24,25);4-7,10-13H,3,8-9H2,1-2H3;3-4,7-8,10-12H,2,5-6,9H2,1H3;7-9H,3-6H2,1-2H3. The third kappa shape index (κ3) is 15.8. The van der Waals surface area contributed by atoms with Gasteiger partial charge in [0.25, 0.3) is 0 Å². The van der Waals surface area contributed by atoms with Crippen LogP contribution in [-0.2, 0) is 18.3 Å². The molecule has 0 amide bonds. The van der Waals surface area contributed by atoms with Gasteiger partial charge in [-0.3, -0.25) is 4.79 Å². The van der Waals surface area contributed by atoms with Gasteiger partial charge in [0, 0.05) is 158 Å². The van der Waals surface area contributed by atoms with E-state index in [0.717, 1.165) is 190 Å². The molecule has 15 heterocycles. The van der Waals surface area contributed by atoms with Crippen LogP contribution in [-0.4, -0.2) is 102 Å². The maximum absolute atomic E-state index is 13.0. The summed E-state index contributed by atoms with van der Waals surface area (Å²) >= 11 is 3.05. The molecule has 0 bridgehead atoms. The quantitative estimate of drug-likeness (QED) is 0.100. The third-order valence-corrected chi connectivity index (χ3v) is 29.3. The second kappa shape index (κ2) is 34.5. The summed E-state index contributed by atoms with van der Waals surface area (Å²) in [4.78, 5) is 111. The molecule has 9 aromatic carbocycles. The highest BCUT2D eigenvalue weighted by atomic mass is 32.1. The smallest absolute Gasteiger partial charge is 0.347 e. The molecular weight excluding hydrogens is 1670 g/mol. The Labute approximate surface area is 756 Å². The van der Waals surface area contributed by atoms with Gasteiger partial charge in [-0.2, -0.15) is 0 Å². The molecule has 9 aromatic heterocycles. The minimum absolute atomic E-state index is 0.0881. The summed E-state index contributed by atoms with van der Waals surface area (Å²) in [6.07, 6.45) is 9.18. The van der Waals surface area contributed by atoms with E-state index in [0.29, 0.717) is 85.4 Å². The van der Waals surface area contributed by atoms with Crippen molar-refractivity contribution in [2.75, 3.05) is 90.5 Å². The van der Waals surface area contributed by atoms with Crippen LogP contribution in [0.3, 0.4) is 0 Å². The first-order valence-corrected chi connectivity index (χ1v) is 47.1. The van der Waals surface area contributed by atoms with E-state index in [9.17, 15) is 28.8 Å². The maximum atomic E-state index is 13.0. The maximum Gasteiger partial charge on any atom is 0.347 e. The number of aromatic amines is 2. The molecule has 6 aliphatic heterocycles. The molecule has 0 spiro atoms. The van der Waals surface area contributed by atoms with E-state index in [2.05, 4.69) is 134 Å². The number of imidazole rings is 2. The number of nitrogens with one attached hydrogen (secondary N) is 2. The van der Waals surface area contributed by atoms with Gasteiger partial charge in [0.1, 0.15) is 66.3 Å². The summed E-state index contributed by atoms with van der Waals surface area (Å²) < 4.78 is 30.6. The Morgan fingerprint density at radius 1 is 0.438 bits per heavy atom. The van der Waals surface area contributed by atoms with Crippen LogP contribution in [0.2, 0.25) is 0 Å². The Morgan fingerprint density at radius 3 is 1.48 bits per heavy atom. The lowest BCUT2D eigenvalue weighted by molar-refractivity contribution is 0.0984. The van der Waals surface area contributed by atoms with Crippen LogP contribution in [0.25, 0.3) is 141 Å². The van der Waals surface area contributed by atoms with Gasteiger partial charge >= 0.3 is 28.1 Å². The van der Waals surface area contributed by atoms with Gasteiger partial charge in [0.05, 0.1) is 53.6 Å². The Balaban J connectivity index is 0.000000102. The number of hydrogen-bond donors (Lipinski definition) is 2. The fraction of sp³-hybridized carbons (Fsp3) is 0.302. The molecule has 24 heteroatoms. The van der Waals surface area contributed by atoms with Crippen molar-refractivity contribution in [1.29, 1.82) is 0 Å². The van der Waals surface area contributed by atoms with Gasteiger partial charge in [-0.25, -0.2) is 43.9 Å². The molecule has 22 nitrogen and oxygen atoms in total. The molecule has 2 N–H and O–H groups in total. The minimum atomic E-state index is -0.539. The monoisotopic (exact) mass is 1770 g/mol. The van der Waals surface area contributed by atoms with Crippen molar-refractivity contribution >= 4 is 154 Å². The average molecular weight is 1770 g/mol. The van der Waals surface area contributed by atoms with E-state index in [4.69, 9.17) is 22.1 Å². The second-order valence-corrected chi connectivity index (χ2v) is 37.9.